The van der Waals surface area contributed by atoms with Crippen LogP contribution in [0.5, 0.6) is 0 Å². The minimum absolute atomic E-state index is 0.316. The van der Waals surface area contributed by atoms with Crippen LogP contribution in [0, 0.1) is 5.82 Å². The number of hydrogen-bond donors (Lipinski definition) is 1. The van der Waals surface area contributed by atoms with Gasteiger partial charge in [-0.2, -0.15) is 0 Å². The first-order chi connectivity index (χ1) is 8.74. The van der Waals surface area contributed by atoms with Crippen LogP contribution in [0.3, 0.4) is 0 Å². The van der Waals surface area contributed by atoms with E-state index in [9.17, 15) is 9.50 Å². The van der Waals surface area contributed by atoms with Crippen LogP contribution in [0.2, 0.25) is 0 Å². The van der Waals surface area contributed by atoms with E-state index in [0.29, 0.717) is 16.7 Å². The molecule has 0 aliphatic heterocycles. The standard InChI is InChI=1S/C15H11FO2/c16-12-6-7-13-11(8-12)9-14(18-13)15(17)10-4-2-1-3-5-10/h1-9,15,17H. The van der Waals surface area contributed by atoms with E-state index >= 15 is 0 Å². The quantitative estimate of drug-likeness (QED) is 0.744. The van der Waals surface area contributed by atoms with Crippen molar-refractivity contribution in [1.29, 1.82) is 0 Å². The molecule has 0 aliphatic carbocycles. The number of aliphatic hydroxyl groups excluding tert-OH is 1. The molecule has 0 amide bonds. The van der Waals surface area contributed by atoms with Gasteiger partial charge in [0.15, 0.2) is 0 Å². The fraction of sp³-hybridized carbons (Fsp3) is 0.0667. The molecule has 1 atom stereocenters. The van der Waals surface area contributed by atoms with Gasteiger partial charge in [0.1, 0.15) is 23.3 Å². The molecule has 1 N–H and O–H groups in total. The minimum Gasteiger partial charge on any atom is -0.458 e. The van der Waals surface area contributed by atoms with Crippen molar-refractivity contribution in [2.24, 2.45) is 0 Å². The molecule has 0 bridgehead atoms. The second-order valence-corrected chi connectivity index (χ2v) is 4.14. The molecule has 0 radical (unpaired) electrons. The molecule has 1 heterocycles. The largest absolute Gasteiger partial charge is 0.458 e. The Hall–Kier alpha value is -2.13. The lowest BCUT2D eigenvalue weighted by Crippen LogP contribution is -1.96. The highest BCUT2D eigenvalue weighted by molar-refractivity contribution is 5.78. The zero-order chi connectivity index (χ0) is 12.5. The molecular weight excluding hydrogens is 231 g/mol. The average Bonchev–Trinajstić information content (AvgIpc) is 2.81. The molecule has 0 fully saturated rings. The zero-order valence-electron chi connectivity index (χ0n) is 9.51. The van der Waals surface area contributed by atoms with Gasteiger partial charge in [-0.05, 0) is 29.8 Å². The van der Waals surface area contributed by atoms with E-state index in [4.69, 9.17) is 4.42 Å². The Morgan fingerprint density at radius 3 is 2.56 bits per heavy atom. The van der Waals surface area contributed by atoms with Gasteiger partial charge in [-0.25, -0.2) is 4.39 Å². The zero-order valence-corrected chi connectivity index (χ0v) is 9.51. The summed E-state index contributed by atoms with van der Waals surface area (Å²) >= 11 is 0. The smallest absolute Gasteiger partial charge is 0.138 e. The van der Waals surface area contributed by atoms with Crippen molar-refractivity contribution >= 4 is 11.0 Å². The topological polar surface area (TPSA) is 33.4 Å². The molecule has 3 rings (SSSR count). The third-order valence-corrected chi connectivity index (χ3v) is 2.88. The number of benzene rings is 2. The Morgan fingerprint density at radius 2 is 1.78 bits per heavy atom. The Balaban J connectivity index is 2.04. The molecule has 3 heteroatoms. The molecular formula is C15H11FO2. The van der Waals surface area contributed by atoms with E-state index in [1.54, 1.807) is 12.1 Å². The van der Waals surface area contributed by atoms with E-state index in [1.165, 1.54) is 12.1 Å². The van der Waals surface area contributed by atoms with Crippen LogP contribution >= 0.6 is 0 Å². The number of furan rings is 1. The SMILES string of the molecule is OC(c1ccccc1)c1cc2cc(F)ccc2o1. The maximum atomic E-state index is 13.1. The Bertz CT molecular complexity index is 673. The summed E-state index contributed by atoms with van der Waals surface area (Å²) in [5.74, 6) is 0.103. The third-order valence-electron chi connectivity index (χ3n) is 2.88. The summed E-state index contributed by atoms with van der Waals surface area (Å²) in [6.45, 7) is 0. The van der Waals surface area contributed by atoms with Crippen molar-refractivity contribution in [3.05, 3.63) is 71.7 Å². The molecule has 3 aromatic rings. The van der Waals surface area contributed by atoms with Crippen LogP contribution in [0.15, 0.2) is 59.0 Å². The van der Waals surface area contributed by atoms with Crippen LogP contribution in [0.1, 0.15) is 17.4 Å². The summed E-state index contributed by atoms with van der Waals surface area (Å²) in [5, 5.41) is 10.8. The van der Waals surface area contributed by atoms with Crippen molar-refractivity contribution in [3.8, 4) is 0 Å². The first-order valence-corrected chi connectivity index (χ1v) is 5.66. The number of fused-ring (bicyclic) bond motifs is 1. The van der Waals surface area contributed by atoms with E-state index in [1.807, 2.05) is 30.3 Å². The maximum Gasteiger partial charge on any atom is 0.138 e. The molecule has 1 aromatic heterocycles. The molecule has 0 aliphatic rings. The highest BCUT2D eigenvalue weighted by atomic mass is 19.1. The van der Waals surface area contributed by atoms with Crippen molar-refractivity contribution in [1.82, 2.24) is 0 Å². The van der Waals surface area contributed by atoms with Crippen molar-refractivity contribution < 1.29 is 13.9 Å². The predicted molar refractivity (Wildman–Crippen MR) is 66.7 cm³/mol. The fourth-order valence-corrected chi connectivity index (χ4v) is 1.97. The fourth-order valence-electron chi connectivity index (χ4n) is 1.97. The van der Waals surface area contributed by atoms with E-state index in [2.05, 4.69) is 0 Å². The molecule has 18 heavy (non-hydrogen) atoms. The predicted octanol–water partition coefficient (Wildman–Crippen LogP) is 3.65. The van der Waals surface area contributed by atoms with Gasteiger partial charge in [-0.3, -0.25) is 0 Å². The average molecular weight is 242 g/mol. The summed E-state index contributed by atoms with van der Waals surface area (Å²) < 4.78 is 18.6. The van der Waals surface area contributed by atoms with Crippen molar-refractivity contribution in [3.63, 3.8) is 0 Å². The summed E-state index contributed by atoms with van der Waals surface area (Å²) in [5.41, 5.74) is 1.32. The first kappa shape index (κ1) is 11.0. The van der Waals surface area contributed by atoms with Gasteiger partial charge in [-0.1, -0.05) is 30.3 Å². The lowest BCUT2D eigenvalue weighted by atomic mass is 10.1. The lowest BCUT2D eigenvalue weighted by Gasteiger charge is -2.06. The van der Waals surface area contributed by atoms with E-state index in [0.717, 1.165) is 5.56 Å². The molecule has 0 saturated carbocycles. The van der Waals surface area contributed by atoms with E-state index < -0.39 is 6.10 Å². The number of halogens is 1. The van der Waals surface area contributed by atoms with Crippen LogP contribution in [0.4, 0.5) is 4.39 Å². The van der Waals surface area contributed by atoms with E-state index in [-0.39, 0.29) is 5.82 Å². The summed E-state index contributed by atoms with van der Waals surface area (Å²) in [6, 6.07) is 15.2. The van der Waals surface area contributed by atoms with Crippen molar-refractivity contribution in [2.45, 2.75) is 6.10 Å². The lowest BCUT2D eigenvalue weighted by molar-refractivity contribution is 0.192. The number of rotatable bonds is 2. The van der Waals surface area contributed by atoms with Crippen LogP contribution in [0.25, 0.3) is 11.0 Å². The highest BCUT2D eigenvalue weighted by Crippen LogP contribution is 2.28. The normalized spacial score (nSPS) is 12.8. The molecule has 0 saturated heterocycles. The first-order valence-electron chi connectivity index (χ1n) is 5.66. The van der Waals surface area contributed by atoms with Gasteiger partial charge in [0.2, 0.25) is 0 Å². The number of hydrogen-bond acceptors (Lipinski definition) is 2. The van der Waals surface area contributed by atoms with Gasteiger partial charge in [0.05, 0.1) is 0 Å². The minimum atomic E-state index is -0.832. The third kappa shape index (κ3) is 1.89. The molecule has 0 spiro atoms. The Kier molecular flexibility index (Phi) is 2.61. The van der Waals surface area contributed by atoms with Gasteiger partial charge < -0.3 is 9.52 Å². The van der Waals surface area contributed by atoms with Gasteiger partial charge in [0, 0.05) is 5.39 Å². The molecule has 1 unspecified atom stereocenters. The maximum absolute atomic E-state index is 13.1. The number of aliphatic hydroxyl groups is 1. The van der Waals surface area contributed by atoms with Crippen LogP contribution in [-0.4, -0.2) is 5.11 Å². The van der Waals surface area contributed by atoms with Crippen molar-refractivity contribution in [2.75, 3.05) is 0 Å². The summed E-state index contributed by atoms with van der Waals surface area (Å²) in [7, 11) is 0. The Morgan fingerprint density at radius 1 is 1.00 bits per heavy atom. The Labute approximate surface area is 103 Å². The van der Waals surface area contributed by atoms with Crippen LogP contribution < -0.4 is 0 Å². The molecule has 90 valence electrons. The van der Waals surface area contributed by atoms with Gasteiger partial charge in [-0.15, -0.1) is 0 Å². The second kappa shape index (κ2) is 4.27. The van der Waals surface area contributed by atoms with Crippen LogP contribution in [-0.2, 0) is 0 Å². The second-order valence-electron chi connectivity index (χ2n) is 4.14. The summed E-state index contributed by atoms with van der Waals surface area (Å²) in [6.07, 6.45) is -0.832. The highest BCUT2D eigenvalue weighted by Gasteiger charge is 2.15. The van der Waals surface area contributed by atoms with Gasteiger partial charge >= 0.3 is 0 Å². The molecule has 2 aromatic carbocycles. The van der Waals surface area contributed by atoms with Gasteiger partial charge in [0.25, 0.3) is 0 Å². The molecule has 2 nitrogen and oxygen atoms in total. The summed E-state index contributed by atoms with van der Waals surface area (Å²) in [4.78, 5) is 0. The monoisotopic (exact) mass is 242 g/mol.